The van der Waals surface area contributed by atoms with Crippen LogP contribution in [0, 0.1) is 0 Å². The summed E-state index contributed by atoms with van der Waals surface area (Å²) >= 11 is 0. The fraction of sp³-hybridized carbons (Fsp3) is 0.364. The Morgan fingerprint density at radius 3 is 2.77 bits per heavy atom. The third-order valence-electron chi connectivity index (χ3n) is 2.26. The molecule has 2 heterocycles. The van der Waals surface area contributed by atoms with Gasteiger partial charge in [0, 0.05) is 17.8 Å². The molecule has 0 spiro atoms. The SMILES string of the molecule is CC(C)(C)c1c[nH]c2ncccc12. The maximum Gasteiger partial charge on any atom is 0.137 e. The molecule has 68 valence electrons. The van der Waals surface area contributed by atoms with Gasteiger partial charge >= 0.3 is 0 Å². The normalized spacial score (nSPS) is 12.2. The molecule has 0 amide bonds. The second-order valence-corrected chi connectivity index (χ2v) is 4.35. The summed E-state index contributed by atoms with van der Waals surface area (Å²) in [6.07, 6.45) is 3.86. The van der Waals surface area contributed by atoms with Gasteiger partial charge in [0.15, 0.2) is 0 Å². The van der Waals surface area contributed by atoms with Crippen molar-refractivity contribution in [3.05, 3.63) is 30.1 Å². The Labute approximate surface area is 78.0 Å². The van der Waals surface area contributed by atoms with Gasteiger partial charge in [-0.2, -0.15) is 0 Å². The molecule has 2 aromatic rings. The molecule has 0 atom stereocenters. The van der Waals surface area contributed by atoms with E-state index in [2.05, 4.69) is 43.0 Å². The number of pyridine rings is 1. The number of H-pyrrole nitrogens is 1. The smallest absolute Gasteiger partial charge is 0.137 e. The van der Waals surface area contributed by atoms with Crippen LogP contribution in [0.25, 0.3) is 11.0 Å². The van der Waals surface area contributed by atoms with Crippen molar-refractivity contribution in [1.82, 2.24) is 9.97 Å². The van der Waals surface area contributed by atoms with Gasteiger partial charge in [-0.05, 0) is 23.1 Å². The Bertz CT molecular complexity index is 421. The molecular formula is C11H14N2. The van der Waals surface area contributed by atoms with Crippen LogP contribution in [0.4, 0.5) is 0 Å². The molecule has 0 aliphatic rings. The highest BCUT2D eigenvalue weighted by molar-refractivity contribution is 5.80. The van der Waals surface area contributed by atoms with Crippen LogP contribution in [0.5, 0.6) is 0 Å². The molecule has 0 radical (unpaired) electrons. The zero-order chi connectivity index (χ0) is 9.47. The first-order valence-corrected chi connectivity index (χ1v) is 4.51. The molecule has 0 aromatic carbocycles. The summed E-state index contributed by atoms with van der Waals surface area (Å²) in [6.45, 7) is 6.63. The van der Waals surface area contributed by atoms with E-state index < -0.39 is 0 Å². The van der Waals surface area contributed by atoms with Crippen molar-refractivity contribution in [2.45, 2.75) is 26.2 Å². The molecular weight excluding hydrogens is 160 g/mol. The van der Waals surface area contributed by atoms with Crippen LogP contribution < -0.4 is 0 Å². The lowest BCUT2D eigenvalue weighted by Crippen LogP contribution is -2.09. The van der Waals surface area contributed by atoms with E-state index >= 15 is 0 Å². The van der Waals surface area contributed by atoms with Crippen LogP contribution >= 0.6 is 0 Å². The van der Waals surface area contributed by atoms with E-state index in [1.54, 1.807) is 0 Å². The summed E-state index contributed by atoms with van der Waals surface area (Å²) in [7, 11) is 0. The molecule has 0 saturated heterocycles. The molecule has 2 rings (SSSR count). The third kappa shape index (κ3) is 1.32. The predicted molar refractivity (Wildman–Crippen MR) is 54.8 cm³/mol. The predicted octanol–water partition coefficient (Wildman–Crippen LogP) is 2.86. The first kappa shape index (κ1) is 8.30. The van der Waals surface area contributed by atoms with Crippen molar-refractivity contribution in [1.29, 1.82) is 0 Å². The number of nitrogens with zero attached hydrogens (tertiary/aromatic N) is 1. The van der Waals surface area contributed by atoms with Gasteiger partial charge in [0.1, 0.15) is 5.65 Å². The molecule has 0 saturated carbocycles. The Kier molecular flexibility index (Phi) is 1.65. The second kappa shape index (κ2) is 2.59. The van der Waals surface area contributed by atoms with Gasteiger partial charge in [0.2, 0.25) is 0 Å². The van der Waals surface area contributed by atoms with Crippen LogP contribution in [-0.2, 0) is 5.41 Å². The zero-order valence-electron chi connectivity index (χ0n) is 8.26. The van der Waals surface area contributed by atoms with E-state index in [4.69, 9.17) is 0 Å². The number of aromatic amines is 1. The van der Waals surface area contributed by atoms with E-state index in [1.807, 2.05) is 12.3 Å². The fourth-order valence-corrected chi connectivity index (χ4v) is 1.58. The minimum Gasteiger partial charge on any atom is -0.346 e. The Morgan fingerprint density at radius 1 is 1.31 bits per heavy atom. The number of hydrogen-bond donors (Lipinski definition) is 1. The standard InChI is InChI=1S/C11H14N2/c1-11(2,3)9-7-13-10-8(9)5-4-6-12-10/h4-7H,1-3H3,(H,12,13). The van der Waals surface area contributed by atoms with Gasteiger partial charge in [0.25, 0.3) is 0 Å². The van der Waals surface area contributed by atoms with Crippen molar-refractivity contribution in [2.75, 3.05) is 0 Å². The largest absolute Gasteiger partial charge is 0.346 e. The summed E-state index contributed by atoms with van der Waals surface area (Å²) in [5.41, 5.74) is 2.49. The number of rotatable bonds is 0. The monoisotopic (exact) mass is 174 g/mol. The molecule has 13 heavy (non-hydrogen) atoms. The van der Waals surface area contributed by atoms with Crippen LogP contribution in [-0.4, -0.2) is 9.97 Å². The topological polar surface area (TPSA) is 28.7 Å². The highest BCUT2D eigenvalue weighted by Gasteiger charge is 2.17. The van der Waals surface area contributed by atoms with E-state index in [1.165, 1.54) is 10.9 Å². The lowest BCUT2D eigenvalue weighted by molar-refractivity contribution is 0.596. The number of fused-ring (bicyclic) bond motifs is 1. The van der Waals surface area contributed by atoms with Crippen LogP contribution in [0.2, 0.25) is 0 Å². The molecule has 0 fully saturated rings. The lowest BCUT2D eigenvalue weighted by Gasteiger charge is -2.16. The van der Waals surface area contributed by atoms with Gasteiger partial charge in [-0.15, -0.1) is 0 Å². The number of aromatic nitrogens is 2. The Hall–Kier alpha value is -1.31. The zero-order valence-corrected chi connectivity index (χ0v) is 8.26. The van der Waals surface area contributed by atoms with E-state index in [0.29, 0.717) is 0 Å². The highest BCUT2D eigenvalue weighted by atomic mass is 14.8. The summed E-state index contributed by atoms with van der Waals surface area (Å²) in [5.74, 6) is 0. The molecule has 0 aliphatic carbocycles. The second-order valence-electron chi connectivity index (χ2n) is 4.35. The average molecular weight is 174 g/mol. The van der Waals surface area contributed by atoms with E-state index in [0.717, 1.165) is 5.65 Å². The molecule has 2 nitrogen and oxygen atoms in total. The summed E-state index contributed by atoms with van der Waals surface area (Å²) in [5, 5.41) is 1.23. The number of nitrogens with one attached hydrogen (secondary N) is 1. The van der Waals surface area contributed by atoms with Gasteiger partial charge < -0.3 is 4.98 Å². The third-order valence-corrected chi connectivity index (χ3v) is 2.26. The van der Waals surface area contributed by atoms with Crippen molar-refractivity contribution < 1.29 is 0 Å². The van der Waals surface area contributed by atoms with Crippen molar-refractivity contribution in [3.8, 4) is 0 Å². The van der Waals surface area contributed by atoms with Gasteiger partial charge in [-0.1, -0.05) is 20.8 Å². The van der Waals surface area contributed by atoms with Crippen molar-refractivity contribution in [2.24, 2.45) is 0 Å². The summed E-state index contributed by atoms with van der Waals surface area (Å²) < 4.78 is 0. The summed E-state index contributed by atoms with van der Waals surface area (Å²) in [4.78, 5) is 7.44. The first-order valence-electron chi connectivity index (χ1n) is 4.51. The maximum absolute atomic E-state index is 4.26. The maximum atomic E-state index is 4.26. The Balaban J connectivity index is 2.72. The lowest BCUT2D eigenvalue weighted by atomic mass is 9.87. The Morgan fingerprint density at radius 2 is 2.08 bits per heavy atom. The molecule has 1 N–H and O–H groups in total. The molecule has 0 unspecified atom stereocenters. The van der Waals surface area contributed by atoms with E-state index in [-0.39, 0.29) is 5.41 Å². The van der Waals surface area contributed by atoms with Gasteiger partial charge in [-0.25, -0.2) is 4.98 Å². The highest BCUT2D eigenvalue weighted by Crippen LogP contribution is 2.28. The quantitative estimate of drug-likeness (QED) is 0.653. The summed E-state index contributed by atoms with van der Waals surface area (Å²) in [6, 6.07) is 4.09. The van der Waals surface area contributed by atoms with Gasteiger partial charge in [0.05, 0.1) is 0 Å². The fourth-order valence-electron chi connectivity index (χ4n) is 1.58. The minimum absolute atomic E-state index is 0.182. The van der Waals surface area contributed by atoms with E-state index in [9.17, 15) is 0 Å². The molecule has 0 bridgehead atoms. The van der Waals surface area contributed by atoms with Gasteiger partial charge in [-0.3, -0.25) is 0 Å². The van der Waals surface area contributed by atoms with Crippen LogP contribution in [0.1, 0.15) is 26.3 Å². The van der Waals surface area contributed by atoms with Crippen molar-refractivity contribution in [3.63, 3.8) is 0 Å². The first-order chi connectivity index (χ1) is 6.09. The van der Waals surface area contributed by atoms with Crippen LogP contribution in [0.15, 0.2) is 24.5 Å². The van der Waals surface area contributed by atoms with Crippen LogP contribution in [0.3, 0.4) is 0 Å². The molecule has 0 aliphatic heterocycles. The number of hydrogen-bond acceptors (Lipinski definition) is 1. The van der Waals surface area contributed by atoms with Crippen molar-refractivity contribution >= 4 is 11.0 Å². The molecule has 2 heteroatoms. The average Bonchev–Trinajstić information content (AvgIpc) is 2.45. The minimum atomic E-state index is 0.182. The molecule has 2 aromatic heterocycles.